The number of nitrogens with zero attached hydrogens (tertiary/aromatic N) is 2. The highest BCUT2D eigenvalue weighted by atomic mass is 16.5. The van der Waals surface area contributed by atoms with Gasteiger partial charge in [0.05, 0.1) is 6.04 Å². The first kappa shape index (κ1) is 10.5. The van der Waals surface area contributed by atoms with E-state index in [9.17, 15) is 0 Å². The van der Waals surface area contributed by atoms with Gasteiger partial charge in [0, 0.05) is 5.69 Å². The second-order valence-electron chi connectivity index (χ2n) is 3.68. The predicted octanol–water partition coefficient (Wildman–Crippen LogP) is 2.13. The number of nitrogen functional groups attached to an aromatic ring is 1. The fourth-order valence-corrected chi connectivity index (χ4v) is 1.41. The van der Waals surface area contributed by atoms with Crippen LogP contribution in [0.1, 0.15) is 24.4 Å². The van der Waals surface area contributed by atoms with Crippen molar-refractivity contribution in [3.63, 3.8) is 0 Å². The third-order valence-corrected chi connectivity index (χ3v) is 2.30. The maximum absolute atomic E-state index is 5.62. The van der Waals surface area contributed by atoms with Crippen molar-refractivity contribution in [1.82, 2.24) is 10.1 Å². The Bertz CT molecular complexity index is 463. The van der Waals surface area contributed by atoms with E-state index in [4.69, 9.17) is 10.3 Å². The van der Waals surface area contributed by atoms with Crippen molar-refractivity contribution in [3.05, 3.63) is 35.7 Å². The van der Waals surface area contributed by atoms with Gasteiger partial charge >= 0.3 is 6.01 Å². The highest BCUT2D eigenvalue weighted by molar-refractivity contribution is 5.41. The molecule has 3 N–H and O–H groups in total. The molecular weight excluding hydrogens is 204 g/mol. The van der Waals surface area contributed by atoms with Crippen LogP contribution in [-0.4, -0.2) is 10.1 Å². The Morgan fingerprint density at radius 3 is 2.56 bits per heavy atom. The molecule has 5 nitrogen and oxygen atoms in total. The van der Waals surface area contributed by atoms with Crippen LogP contribution in [0.15, 0.2) is 28.8 Å². The number of hydrogen-bond donors (Lipinski definition) is 2. The molecular formula is C11H14N4O. The molecule has 84 valence electrons. The van der Waals surface area contributed by atoms with Crippen LogP contribution >= 0.6 is 0 Å². The first-order valence-corrected chi connectivity index (χ1v) is 5.07. The SMILES string of the molecule is Cc1noc(NC(C)c2ccc(N)cc2)n1. The van der Waals surface area contributed by atoms with Crippen molar-refractivity contribution in [3.8, 4) is 0 Å². The summed E-state index contributed by atoms with van der Waals surface area (Å²) in [6.07, 6.45) is 0. The van der Waals surface area contributed by atoms with Gasteiger partial charge in [-0.05, 0) is 31.5 Å². The summed E-state index contributed by atoms with van der Waals surface area (Å²) in [7, 11) is 0. The molecule has 1 aromatic carbocycles. The Morgan fingerprint density at radius 1 is 1.31 bits per heavy atom. The van der Waals surface area contributed by atoms with Gasteiger partial charge in [-0.15, -0.1) is 0 Å². The van der Waals surface area contributed by atoms with Gasteiger partial charge in [-0.25, -0.2) is 0 Å². The average molecular weight is 218 g/mol. The van der Waals surface area contributed by atoms with E-state index in [0.717, 1.165) is 11.3 Å². The molecule has 0 aliphatic rings. The van der Waals surface area contributed by atoms with E-state index in [2.05, 4.69) is 15.5 Å². The van der Waals surface area contributed by atoms with Crippen molar-refractivity contribution in [1.29, 1.82) is 0 Å². The number of nitrogens with two attached hydrogens (primary N) is 1. The number of rotatable bonds is 3. The van der Waals surface area contributed by atoms with E-state index in [0.29, 0.717) is 11.8 Å². The van der Waals surface area contributed by atoms with E-state index in [1.807, 2.05) is 31.2 Å². The Morgan fingerprint density at radius 2 is 2.00 bits per heavy atom. The lowest BCUT2D eigenvalue weighted by Gasteiger charge is -2.11. The fraction of sp³-hybridized carbons (Fsp3) is 0.273. The topological polar surface area (TPSA) is 77.0 Å². The summed E-state index contributed by atoms with van der Waals surface area (Å²) >= 11 is 0. The molecule has 16 heavy (non-hydrogen) atoms. The summed E-state index contributed by atoms with van der Waals surface area (Å²) in [5, 5.41) is 6.83. The zero-order valence-corrected chi connectivity index (χ0v) is 9.27. The summed E-state index contributed by atoms with van der Waals surface area (Å²) in [6, 6.07) is 8.20. The van der Waals surface area contributed by atoms with Crippen LogP contribution in [-0.2, 0) is 0 Å². The molecule has 2 aromatic rings. The van der Waals surface area contributed by atoms with Crippen LogP contribution in [0.25, 0.3) is 0 Å². The molecule has 1 heterocycles. The molecule has 0 spiro atoms. The van der Waals surface area contributed by atoms with E-state index in [-0.39, 0.29) is 6.04 Å². The number of anilines is 2. The van der Waals surface area contributed by atoms with E-state index >= 15 is 0 Å². The van der Waals surface area contributed by atoms with Gasteiger partial charge in [0.25, 0.3) is 0 Å². The van der Waals surface area contributed by atoms with E-state index in [1.54, 1.807) is 6.92 Å². The third kappa shape index (κ3) is 2.31. The molecule has 0 amide bonds. The van der Waals surface area contributed by atoms with Crippen LogP contribution < -0.4 is 11.1 Å². The second kappa shape index (κ2) is 4.22. The first-order chi connectivity index (χ1) is 7.65. The minimum absolute atomic E-state index is 0.0976. The van der Waals surface area contributed by atoms with Gasteiger partial charge in [0.15, 0.2) is 5.82 Å². The summed E-state index contributed by atoms with van der Waals surface area (Å²) in [5.74, 6) is 0.618. The van der Waals surface area contributed by atoms with Crippen molar-refractivity contribution in [2.45, 2.75) is 19.9 Å². The van der Waals surface area contributed by atoms with Gasteiger partial charge in [-0.3, -0.25) is 0 Å². The standard InChI is InChI=1S/C11H14N4O/c1-7(9-3-5-10(12)6-4-9)13-11-14-8(2)15-16-11/h3-7H,12H2,1-2H3,(H,13,14,15). The molecule has 0 saturated heterocycles. The van der Waals surface area contributed by atoms with Crippen molar-refractivity contribution in [2.24, 2.45) is 0 Å². The minimum atomic E-state index is 0.0976. The van der Waals surface area contributed by atoms with Crippen LogP contribution in [0, 0.1) is 6.92 Å². The molecule has 1 aromatic heterocycles. The van der Waals surface area contributed by atoms with E-state index in [1.165, 1.54) is 0 Å². The molecule has 0 bridgehead atoms. The second-order valence-corrected chi connectivity index (χ2v) is 3.68. The first-order valence-electron chi connectivity index (χ1n) is 5.07. The normalized spacial score (nSPS) is 12.4. The molecule has 0 aliphatic carbocycles. The molecule has 5 heteroatoms. The van der Waals surface area contributed by atoms with Crippen molar-refractivity contribution >= 4 is 11.7 Å². The van der Waals surface area contributed by atoms with Crippen LogP contribution in [0.5, 0.6) is 0 Å². The number of nitrogens with one attached hydrogen (secondary N) is 1. The summed E-state index contributed by atoms with van der Waals surface area (Å²) in [4.78, 5) is 4.08. The number of aryl methyl sites for hydroxylation is 1. The largest absolute Gasteiger partial charge is 0.399 e. The van der Waals surface area contributed by atoms with Gasteiger partial charge < -0.3 is 15.6 Å². The maximum atomic E-state index is 5.62. The predicted molar refractivity (Wildman–Crippen MR) is 61.9 cm³/mol. The molecule has 0 radical (unpaired) electrons. The molecule has 2 rings (SSSR count). The van der Waals surface area contributed by atoms with Gasteiger partial charge in [0.2, 0.25) is 0 Å². The zero-order valence-electron chi connectivity index (χ0n) is 9.27. The Labute approximate surface area is 93.7 Å². The molecule has 0 fully saturated rings. The third-order valence-electron chi connectivity index (χ3n) is 2.30. The quantitative estimate of drug-likeness (QED) is 0.772. The monoisotopic (exact) mass is 218 g/mol. The lowest BCUT2D eigenvalue weighted by atomic mass is 10.1. The fourth-order valence-electron chi connectivity index (χ4n) is 1.41. The van der Waals surface area contributed by atoms with Crippen LogP contribution in [0.3, 0.4) is 0 Å². The van der Waals surface area contributed by atoms with Gasteiger partial charge in [0.1, 0.15) is 0 Å². The van der Waals surface area contributed by atoms with Gasteiger partial charge in [-0.2, -0.15) is 4.98 Å². The van der Waals surface area contributed by atoms with Crippen molar-refractivity contribution < 1.29 is 4.52 Å². The lowest BCUT2D eigenvalue weighted by Crippen LogP contribution is -2.06. The maximum Gasteiger partial charge on any atom is 0.321 e. The molecule has 1 atom stereocenters. The van der Waals surface area contributed by atoms with Crippen LogP contribution in [0.2, 0.25) is 0 Å². The molecule has 1 unspecified atom stereocenters. The van der Waals surface area contributed by atoms with Gasteiger partial charge in [-0.1, -0.05) is 17.3 Å². The Balaban J connectivity index is 2.08. The number of aromatic nitrogens is 2. The minimum Gasteiger partial charge on any atom is -0.399 e. The van der Waals surface area contributed by atoms with Crippen molar-refractivity contribution in [2.75, 3.05) is 11.1 Å². The zero-order chi connectivity index (χ0) is 11.5. The van der Waals surface area contributed by atoms with Crippen LogP contribution in [0.4, 0.5) is 11.7 Å². The molecule has 0 aliphatic heterocycles. The summed E-state index contributed by atoms with van der Waals surface area (Å²) in [5.41, 5.74) is 7.49. The summed E-state index contributed by atoms with van der Waals surface area (Å²) in [6.45, 7) is 3.80. The molecule has 0 saturated carbocycles. The highest BCUT2D eigenvalue weighted by Crippen LogP contribution is 2.18. The number of benzene rings is 1. The lowest BCUT2D eigenvalue weighted by molar-refractivity contribution is 0.422. The Kier molecular flexibility index (Phi) is 2.76. The van der Waals surface area contributed by atoms with E-state index < -0.39 is 0 Å². The highest BCUT2D eigenvalue weighted by Gasteiger charge is 2.08. The number of hydrogen-bond acceptors (Lipinski definition) is 5. The summed E-state index contributed by atoms with van der Waals surface area (Å²) < 4.78 is 4.98. The Hall–Kier alpha value is -2.04. The smallest absolute Gasteiger partial charge is 0.321 e. The average Bonchev–Trinajstić information content (AvgIpc) is 2.65.